The molecule has 1 saturated heterocycles. The Morgan fingerprint density at radius 1 is 1.32 bits per heavy atom. The third kappa shape index (κ3) is 5.53. The van der Waals surface area contributed by atoms with Gasteiger partial charge >= 0.3 is 0 Å². The summed E-state index contributed by atoms with van der Waals surface area (Å²) in [6, 6.07) is 10.5. The van der Waals surface area contributed by atoms with Crippen LogP contribution in [0.1, 0.15) is 24.2 Å². The van der Waals surface area contributed by atoms with E-state index in [0.29, 0.717) is 0 Å². The van der Waals surface area contributed by atoms with E-state index in [-0.39, 0.29) is 0 Å². The zero-order valence-corrected chi connectivity index (χ0v) is 15.6. The van der Waals surface area contributed by atoms with Crippen molar-refractivity contribution >= 4 is 17.7 Å². The van der Waals surface area contributed by atoms with Crippen molar-refractivity contribution in [3.63, 3.8) is 0 Å². The van der Waals surface area contributed by atoms with Gasteiger partial charge < -0.3 is 15.2 Å². The molecule has 3 rings (SSSR count). The van der Waals surface area contributed by atoms with E-state index in [1.807, 2.05) is 25.5 Å². The van der Waals surface area contributed by atoms with Crippen molar-refractivity contribution in [2.45, 2.75) is 31.1 Å². The molecule has 5 nitrogen and oxygen atoms in total. The predicted octanol–water partition coefficient (Wildman–Crippen LogP) is 2.53. The molecule has 1 unspecified atom stereocenters. The number of nitrogens with zero attached hydrogens (tertiary/aromatic N) is 3. The minimum absolute atomic E-state index is 0.725. The Labute approximate surface area is 154 Å². The molecular weight excluding hydrogens is 330 g/mol. The first-order valence-corrected chi connectivity index (χ1v) is 10.00. The van der Waals surface area contributed by atoms with Gasteiger partial charge in [0, 0.05) is 50.7 Å². The highest BCUT2D eigenvalue weighted by Crippen LogP contribution is 2.25. The number of benzene rings is 1. The average molecular weight is 358 g/mol. The molecule has 1 aliphatic heterocycles. The lowest BCUT2D eigenvalue weighted by atomic mass is 10.2. The van der Waals surface area contributed by atoms with Gasteiger partial charge in [-0.1, -0.05) is 30.3 Å². The highest BCUT2D eigenvalue weighted by Gasteiger charge is 2.15. The van der Waals surface area contributed by atoms with E-state index in [0.717, 1.165) is 43.1 Å². The van der Waals surface area contributed by atoms with Crippen LogP contribution in [-0.2, 0) is 13.0 Å². The summed E-state index contributed by atoms with van der Waals surface area (Å²) in [4.78, 5) is 8.82. The van der Waals surface area contributed by atoms with Crippen molar-refractivity contribution in [2.24, 2.45) is 4.99 Å². The van der Waals surface area contributed by atoms with E-state index in [2.05, 4.69) is 61.2 Å². The highest BCUT2D eigenvalue weighted by atomic mass is 32.2. The molecule has 2 N–H and O–H groups in total. The normalized spacial score (nSPS) is 17.6. The molecule has 1 atom stereocenters. The van der Waals surface area contributed by atoms with Crippen molar-refractivity contribution in [3.8, 4) is 0 Å². The van der Waals surface area contributed by atoms with Gasteiger partial charge in [0.2, 0.25) is 0 Å². The summed E-state index contributed by atoms with van der Waals surface area (Å²) in [5.41, 5.74) is 1.29. The van der Waals surface area contributed by atoms with Crippen LogP contribution in [0, 0.1) is 0 Å². The summed E-state index contributed by atoms with van der Waals surface area (Å²) in [7, 11) is 1.83. The number of rotatable bonds is 7. The summed E-state index contributed by atoms with van der Waals surface area (Å²) in [5.74, 6) is 3.27. The van der Waals surface area contributed by atoms with Crippen molar-refractivity contribution in [1.82, 2.24) is 20.2 Å². The Kier molecular flexibility index (Phi) is 6.79. The highest BCUT2D eigenvalue weighted by molar-refractivity contribution is 8.00. The topological polar surface area (TPSA) is 54.2 Å². The summed E-state index contributed by atoms with van der Waals surface area (Å²) in [6.45, 7) is 2.68. The Bertz CT molecular complexity index is 661. The molecule has 2 aromatic rings. The zero-order chi connectivity index (χ0) is 17.3. The van der Waals surface area contributed by atoms with Gasteiger partial charge in [0.1, 0.15) is 5.82 Å². The van der Waals surface area contributed by atoms with Gasteiger partial charge in [0.05, 0.1) is 0 Å². The minimum atomic E-state index is 0.725. The van der Waals surface area contributed by atoms with Crippen LogP contribution >= 0.6 is 11.8 Å². The van der Waals surface area contributed by atoms with Gasteiger partial charge in [-0.3, -0.25) is 4.99 Å². The second kappa shape index (κ2) is 9.51. The Morgan fingerprint density at radius 2 is 2.20 bits per heavy atom. The van der Waals surface area contributed by atoms with Crippen LogP contribution in [0.15, 0.2) is 47.7 Å². The first-order chi connectivity index (χ1) is 12.3. The number of aliphatic imine (C=N–C) groups is 1. The lowest BCUT2D eigenvalue weighted by molar-refractivity contribution is 0.687. The van der Waals surface area contributed by atoms with Gasteiger partial charge in [-0.05, 0) is 24.2 Å². The van der Waals surface area contributed by atoms with Crippen LogP contribution < -0.4 is 10.6 Å². The lowest BCUT2D eigenvalue weighted by Gasteiger charge is -2.15. The largest absolute Gasteiger partial charge is 0.356 e. The van der Waals surface area contributed by atoms with Crippen LogP contribution in [0.5, 0.6) is 0 Å². The zero-order valence-electron chi connectivity index (χ0n) is 14.8. The molecule has 1 aliphatic rings. The quantitative estimate of drug-likeness (QED) is 0.591. The van der Waals surface area contributed by atoms with Crippen molar-refractivity contribution in [3.05, 3.63) is 54.1 Å². The number of hydrogen-bond acceptors (Lipinski definition) is 3. The van der Waals surface area contributed by atoms with Crippen LogP contribution in [0.25, 0.3) is 0 Å². The number of imidazole rings is 1. The van der Waals surface area contributed by atoms with Gasteiger partial charge in [0.15, 0.2) is 5.96 Å². The first-order valence-electron chi connectivity index (χ1n) is 8.95. The van der Waals surface area contributed by atoms with E-state index in [1.54, 1.807) is 0 Å². The standard InChI is InChI=1S/C19H27N5S/c1-20-19(23-14-17-8-5-13-25-17)22-10-9-18-21-11-12-24(18)15-16-6-3-2-4-7-16/h2-4,6-7,11-12,17H,5,8-10,13-15H2,1H3,(H2,20,22,23). The van der Waals surface area contributed by atoms with Gasteiger partial charge in [-0.15, -0.1) is 0 Å². The van der Waals surface area contributed by atoms with E-state index in [1.165, 1.54) is 24.2 Å². The first kappa shape index (κ1) is 17.9. The average Bonchev–Trinajstić information content (AvgIpc) is 3.31. The summed E-state index contributed by atoms with van der Waals surface area (Å²) < 4.78 is 2.21. The number of hydrogen-bond donors (Lipinski definition) is 2. The molecular formula is C19H27N5S. The smallest absolute Gasteiger partial charge is 0.191 e. The molecule has 6 heteroatoms. The fourth-order valence-electron chi connectivity index (χ4n) is 3.02. The molecule has 2 heterocycles. The molecule has 134 valence electrons. The Balaban J connectivity index is 1.44. The number of nitrogens with one attached hydrogen (secondary N) is 2. The molecule has 0 saturated carbocycles. The molecule has 1 aromatic carbocycles. The Morgan fingerprint density at radius 3 is 2.96 bits per heavy atom. The SMILES string of the molecule is CN=C(NCCc1nccn1Cc1ccccc1)NCC1CCCS1. The monoisotopic (exact) mass is 357 g/mol. The minimum Gasteiger partial charge on any atom is -0.356 e. The maximum absolute atomic E-state index is 4.50. The maximum atomic E-state index is 4.50. The van der Waals surface area contributed by atoms with Crippen molar-refractivity contribution in [2.75, 3.05) is 25.9 Å². The summed E-state index contributed by atoms with van der Waals surface area (Å²) in [5, 5.41) is 7.56. The van der Waals surface area contributed by atoms with Crippen LogP contribution in [0.3, 0.4) is 0 Å². The third-order valence-electron chi connectivity index (χ3n) is 4.38. The van der Waals surface area contributed by atoms with Crippen LogP contribution in [0.2, 0.25) is 0 Å². The third-order valence-corrected chi connectivity index (χ3v) is 5.78. The van der Waals surface area contributed by atoms with Crippen LogP contribution in [0.4, 0.5) is 0 Å². The van der Waals surface area contributed by atoms with E-state index in [4.69, 9.17) is 0 Å². The number of guanidine groups is 1. The molecule has 1 fully saturated rings. The summed E-state index contributed by atoms with van der Waals surface area (Å²) >= 11 is 2.06. The van der Waals surface area contributed by atoms with Gasteiger partial charge in [-0.2, -0.15) is 11.8 Å². The molecule has 25 heavy (non-hydrogen) atoms. The number of thioether (sulfide) groups is 1. The molecule has 1 aromatic heterocycles. The predicted molar refractivity (Wildman–Crippen MR) is 106 cm³/mol. The fourth-order valence-corrected chi connectivity index (χ4v) is 4.22. The van der Waals surface area contributed by atoms with E-state index in [9.17, 15) is 0 Å². The van der Waals surface area contributed by atoms with Crippen molar-refractivity contribution < 1.29 is 0 Å². The Hall–Kier alpha value is -1.95. The van der Waals surface area contributed by atoms with Gasteiger partial charge in [-0.25, -0.2) is 4.98 Å². The second-order valence-electron chi connectivity index (χ2n) is 6.22. The van der Waals surface area contributed by atoms with Gasteiger partial charge in [0.25, 0.3) is 0 Å². The van der Waals surface area contributed by atoms with E-state index < -0.39 is 0 Å². The maximum Gasteiger partial charge on any atom is 0.191 e. The molecule has 0 spiro atoms. The van der Waals surface area contributed by atoms with Crippen LogP contribution in [-0.4, -0.2) is 46.7 Å². The molecule has 0 aliphatic carbocycles. The molecule has 0 amide bonds. The summed E-state index contributed by atoms with van der Waals surface area (Å²) in [6.07, 6.45) is 7.45. The van der Waals surface area contributed by atoms with E-state index >= 15 is 0 Å². The molecule has 0 radical (unpaired) electrons. The lowest BCUT2D eigenvalue weighted by Crippen LogP contribution is -2.41. The van der Waals surface area contributed by atoms with Crippen molar-refractivity contribution in [1.29, 1.82) is 0 Å². The fraction of sp³-hybridized carbons (Fsp3) is 0.474. The number of aromatic nitrogens is 2. The second-order valence-corrected chi connectivity index (χ2v) is 7.63. The molecule has 0 bridgehead atoms.